The van der Waals surface area contributed by atoms with E-state index >= 15 is 5.11 Å². The molecule has 3 atom stereocenters. The lowest BCUT2D eigenvalue weighted by Gasteiger charge is -2.71. The van der Waals surface area contributed by atoms with E-state index in [1.54, 1.807) is 0 Å². The first-order valence-corrected chi connectivity index (χ1v) is 52.9. The molecule has 8 bridgehead atoms. The second kappa shape index (κ2) is 36.8. The number of hydrogen-bond acceptors (Lipinski definition) is 12. The van der Waals surface area contributed by atoms with Crippen LogP contribution in [-0.2, 0) is 92.3 Å². The van der Waals surface area contributed by atoms with Crippen molar-refractivity contribution in [3.8, 4) is 17.2 Å². The highest BCUT2D eigenvalue weighted by atomic mass is 31.2. The van der Waals surface area contributed by atoms with Crippen molar-refractivity contribution >= 4 is 36.6 Å². The average molecular weight is 1800 g/mol. The summed E-state index contributed by atoms with van der Waals surface area (Å²) in [4.78, 5) is 0. The Balaban J connectivity index is 1.63. The molecule has 15 heteroatoms. The number of benzene rings is 6. The third-order valence-electron chi connectivity index (χ3n) is 29.8. The van der Waals surface area contributed by atoms with Crippen LogP contribution in [0.2, 0.25) is 0 Å². The monoisotopic (exact) mass is 1800 g/mol. The van der Waals surface area contributed by atoms with Crippen LogP contribution in [0, 0.1) is 47.0 Å². The zero-order valence-corrected chi connectivity index (χ0v) is 88.4. The molecule has 8 aromatic rings. The molecule has 6 aromatic carbocycles. The quantitative estimate of drug-likeness (QED) is 0.0256. The van der Waals surface area contributed by atoms with Gasteiger partial charge in [0, 0.05) is 22.0 Å². The molecule has 6 fully saturated rings. The smallest absolute Gasteiger partial charge is 0.388 e. The fraction of sp³-hybridized carbons (Fsp3) is 0.679. The van der Waals surface area contributed by atoms with Crippen molar-refractivity contribution in [3.05, 3.63) is 177 Å². The van der Waals surface area contributed by atoms with Crippen LogP contribution >= 0.6 is 25.4 Å². The van der Waals surface area contributed by atoms with E-state index in [4.69, 9.17) is 35.5 Å². The maximum Gasteiger partial charge on any atom is 0.388 e. The standard InChI is InChI=1S/C112H169O12P3/c1-35-38-41-44-47-50-53-56-59-107(60-57-54-51-48-45-42-39-36-2)108(61-58-55-52-49-46-43-40-37-3,78-70-80(98(10,11)12)88(113)68-75(78)7)90-77(9)96-95(115)94(106(34,111-119-126(120-111)121-111)112-122-127(123-112)124-112)97(90)117-125(116-96)118-110(92-84(102(22,23)24)64-73(5)65-85(92)103(25,26)27,93-86(104(28,29)30)66-74(6)67-87(93)105(31,32)33)109(107,79-71-81(99(13,14)15)89(114)69-76(79)8)91-82(100(16,17)18)62-72(4)63-83(91)101(19,20)21/h62-71,113-115H,35-61H2,1-34H3. The van der Waals surface area contributed by atoms with Crippen LogP contribution in [-0.4, -0.2) is 27.3 Å². The van der Waals surface area contributed by atoms with E-state index in [-0.39, 0.29) is 28.4 Å². The molecule has 3 unspecified atom stereocenters. The molecule has 12 nitrogen and oxygen atoms in total. The van der Waals surface area contributed by atoms with Gasteiger partial charge in [-0.25, -0.2) is 0 Å². The number of hydrogen-bond donors (Lipinski definition) is 3. The molecule has 15 rings (SSSR count). The van der Waals surface area contributed by atoms with E-state index < -0.39 is 108 Å². The molecule has 0 spiro atoms. The number of phenols is 3. The highest BCUT2D eigenvalue weighted by Gasteiger charge is 2.91. The fourth-order valence-electron chi connectivity index (χ4n) is 23.5. The van der Waals surface area contributed by atoms with Crippen molar-refractivity contribution in [2.45, 2.75) is 486 Å². The molecule has 7 aliphatic rings. The van der Waals surface area contributed by atoms with Gasteiger partial charge in [0.2, 0.25) is 0 Å². The first-order valence-electron chi connectivity index (χ1n) is 49.6. The van der Waals surface area contributed by atoms with Crippen molar-refractivity contribution in [2.24, 2.45) is 5.41 Å². The number of aryl methyl sites for hydroxylation is 6. The number of fused-ring (bicyclic) bond motifs is 1. The Kier molecular flexibility index (Phi) is 29.3. The Morgan fingerprint density at radius 1 is 0.299 bits per heavy atom. The predicted octanol–water partition coefficient (Wildman–Crippen LogP) is 34.3. The summed E-state index contributed by atoms with van der Waals surface area (Å²) in [5.74, 6) is -3.54. The van der Waals surface area contributed by atoms with E-state index in [0.29, 0.717) is 24.8 Å². The highest BCUT2D eigenvalue weighted by molar-refractivity contribution is 7.45. The van der Waals surface area contributed by atoms with Gasteiger partial charge in [-0.2, -0.15) is 0 Å². The SMILES string of the molecule is CCCCCCCCCCC1(c2cc(C(C)(C)C)c(O)cc2C)c2c(C)c3op(oc2c(C(C)(C24OP(O2)O4)C24OP(O2)O4)c3O)OC(c2c(C(C)(C)C)cc(C)cc2C(C)(C)C)(c2c(C(C)(C)C)cc(C)cc2C(C)(C)C)C(c2cc(C(C)(C)C)c(O)cc2C)(c2c(C(C)(C)C)cc(C)cc2C(C)(C)C)C1(CCCCCCCCCC)CCCCCCCCCC. The maximum atomic E-state index is 15.1. The van der Waals surface area contributed by atoms with Crippen LogP contribution in [0.15, 0.2) is 69.1 Å². The molecule has 0 amide bonds. The Morgan fingerprint density at radius 2 is 0.583 bits per heavy atom. The van der Waals surface area contributed by atoms with Gasteiger partial charge in [0.15, 0.2) is 16.7 Å². The van der Waals surface area contributed by atoms with E-state index in [2.05, 4.69) is 289 Å². The van der Waals surface area contributed by atoms with Crippen molar-refractivity contribution < 1.29 is 55.4 Å². The summed E-state index contributed by atoms with van der Waals surface area (Å²) in [7, 11) is -6.52. The lowest BCUT2D eigenvalue weighted by molar-refractivity contribution is -0.531. The van der Waals surface area contributed by atoms with Crippen molar-refractivity contribution in [1.82, 2.24) is 0 Å². The normalized spacial score (nSPS) is 22.5. The Labute approximate surface area is 773 Å². The molecule has 127 heavy (non-hydrogen) atoms. The molecule has 9 heterocycles. The van der Waals surface area contributed by atoms with Gasteiger partial charge >= 0.3 is 37.4 Å². The molecular weight excluding hydrogens is 1630 g/mol. The Bertz CT molecular complexity index is 4850. The van der Waals surface area contributed by atoms with Crippen LogP contribution in [0.4, 0.5) is 0 Å². The Hall–Kier alpha value is -4.80. The summed E-state index contributed by atoms with van der Waals surface area (Å²) in [5, 5.41) is 42.8. The van der Waals surface area contributed by atoms with Crippen LogP contribution in [0.25, 0.3) is 11.2 Å². The van der Waals surface area contributed by atoms with E-state index in [0.717, 1.165) is 210 Å². The third kappa shape index (κ3) is 17.9. The average Bonchev–Trinajstić information content (AvgIpc) is 1.61. The van der Waals surface area contributed by atoms with Crippen molar-refractivity contribution in [2.75, 3.05) is 0 Å². The second-order valence-corrected chi connectivity index (χ2v) is 51.3. The summed E-state index contributed by atoms with van der Waals surface area (Å²) in [6.45, 7) is 80.7. The number of unbranched alkanes of at least 4 members (excludes halogenated alkanes) is 21. The fourth-order valence-corrected chi connectivity index (χ4v) is 27.2. The minimum Gasteiger partial charge on any atom is -0.508 e. The van der Waals surface area contributed by atoms with Crippen LogP contribution in [0.3, 0.4) is 0 Å². The van der Waals surface area contributed by atoms with Crippen LogP contribution in [0.1, 0.15) is 484 Å². The van der Waals surface area contributed by atoms with Gasteiger partial charge in [0.05, 0.1) is 11.0 Å². The number of rotatable bonds is 35. The molecule has 0 aliphatic carbocycles. The second-order valence-electron chi connectivity index (χ2n) is 48.3. The summed E-state index contributed by atoms with van der Waals surface area (Å²) in [6, 6.07) is 24.8. The third-order valence-corrected chi connectivity index (χ3v) is 33.2. The number of phenolic OH excluding ortho intramolecular Hbond substituents is 3. The van der Waals surface area contributed by atoms with E-state index in [1.807, 2.05) is 6.92 Å². The molecule has 704 valence electrons. The molecule has 0 saturated carbocycles. The lowest BCUT2D eigenvalue weighted by Crippen LogP contribution is -2.80. The predicted molar refractivity (Wildman–Crippen MR) is 531 cm³/mol. The number of aromatic hydroxyl groups is 3. The summed E-state index contributed by atoms with van der Waals surface area (Å²) in [6.07, 6.45) is 27.2. The van der Waals surface area contributed by atoms with E-state index in [1.165, 1.54) is 55.2 Å². The minimum absolute atomic E-state index is 0.197. The summed E-state index contributed by atoms with van der Waals surface area (Å²) >= 11 is 0. The maximum absolute atomic E-state index is 15.1. The first-order chi connectivity index (χ1) is 58.9. The van der Waals surface area contributed by atoms with Gasteiger partial charge in [0.1, 0.15) is 22.7 Å². The summed E-state index contributed by atoms with van der Waals surface area (Å²) in [5.41, 5.74) is 8.27. The molecule has 2 aromatic heterocycles. The van der Waals surface area contributed by atoms with Gasteiger partial charge in [-0.3, -0.25) is 31.7 Å². The van der Waals surface area contributed by atoms with Crippen LogP contribution < -0.4 is 4.52 Å². The zero-order chi connectivity index (χ0) is 93.8. The van der Waals surface area contributed by atoms with E-state index in [9.17, 15) is 14.7 Å². The zero-order valence-electron chi connectivity index (χ0n) is 85.7. The van der Waals surface area contributed by atoms with Crippen LogP contribution in [0.5, 0.6) is 17.2 Å². The van der Waals surface area contributed by atoms with Gasteiger partial charge in [-0.05, 0) is 207 Å². The van der Waals surface area contributed by atoms with Gasteiger partial charge in [-0.15, -0.1) is 0 Å². The van der Waals surface area contributed by atoms with Gasteiger partial charge in [-0.1, -0.05) is 406 Å². The highest BCUT2D eigenvalue weighted by Crippen LogP contribution is 2.89. The minimum atomic E-state index is -2.97. The summed E-state index contributed by atoms with van der Waals surface area (Å²) < 4.78 is 69.6. The molecule has 0 radical (unpaired) electrons. The molecular formula is C112H169O12P3. The van der Waals surface area contributed by atoms with Gasteiger partial charge in [0.25, 0.3) is 0 Å². The topological polar surface area (TPSA) is 152 Å². The Morgan fingerprint density at radius 3 is 0.890 bits per heavy atom. The van der Waals surface area contributed by atoms with Crippen molar-refractivity contribution in [1.29, 1.82) is 0 Å². The molecule has 7 aliphatic heterocycles. The molecule has 3 N–H and O–H groups in total. The lowest BCUT2D eigenvalue weighted by atomic mass is 9.33. The molecule has 6 saturated heterocycles. The van der Waals surface area contributed by atoms with Gasteiger partial charge < -0.3 is 23.7 Å². The largest absolute Gasteiger partial charge is 0.508 e. The first kappa shape index (κ1) is 101. The van der Waals surface area contributed by atoms with Crippen molar-refractivity contribution in [3.63, 3.8) is 0 Å².